The molecule has 66 valence electrons. The molecule has 0 heterocycles. The van der Waals surface area contributed by atoms with E-state index in [0.717, 1.165) is 0 Å². The lowest BCUT2D eigenvalue weighted by molar-refractivity contribution is -0.0345. The molecule has 2 nitrogen and oxygen atoms in total. The number of aliphatic hydroxyl groups excluding tert-OH is 1. The average molecular weight is 158 g/mol. The van der Waals surface area contributed by atoms with Crippen LogP contribution in [0.2, 0.25) is 0 Å². The molecule has 0 saturated heterocycles. The first-order valence-electron chi connectivity index (χ1n) is 3.24. The second-order valence-electron chi connectivity index (χ2n) is 3.11. The van der Waals surface area contributed by atoms with Crippen molar-refractivity contribution in [2.75, 3.05) is 6.61 Å². The molecule has 11 heavy (non-hydrogen) atoms. The van der Waals surface area contributed by atoms with Crippen LogP contribution in [0.15, 0.2) is 0 Å². The summed E-state index contributed by atoms with van der Waals surface area (Å²) >= 11 is 0. The number of ether oxygens (including phenoxy) is 1. The third-order valence-corrected chi connectivity index (χ3v) is 0.867. The molecule has 0 aromatic rings. The van der Waals surface area contributed by atoms with E-state index in [4.69, 9.17) is 16.3 Å². The van der Waals surface area contributed by atoms with Crippen LogP contribution in [0.4, 0.5) is 0 Å². The van der Waals surface area contributed by atoms with Crippen molar-refractivity contribution in [2.24, 2.45) is 0 Å². The summed E-state index contributed by atoms with van der Waals surface area (Å²) in [6.45, 7) is 5.95. The molecule has 0 bridgehead atoms. The molecule has 1 N–H and O–H groups in total. The lowest BCUT2D eigenvalue weighted by Gasteiger charge is -2.19. The Morgan fingerprint density at radius 1 is 1.55 bits per heavy atom. The average Bonchev–Trinajstić information content (AvgIpc) is 1.81. The molecule has 0 aromatic carbocycles. The minimum atomic E-state index is -0.778. The largest absolute Gasteiger partial charge is 0.378 e. The fraction of sp³-hybridized carbons (Fsp3) is 0.778. The van der Waals surface area contributed by atoms with E-state index in [9.17, 15) is 0 Å². The van der Waals surface area contributed by atoms with Gasteiger partial charge in [0.05, 0.1) is 12.2 Å². The number of rotatable bonds is 2. The first-order valence-corrected chi connectivity index (χ1v) is 3.24. The van der Waals surface area contributed by atoms with Crippen LogP contribution in [0.3, 0.4) is 0 Å². The second-order valence-corrected chi connectivity index (χ2v) is 3.11. The van der Waals surface area contributed by atoms with E-state index in [1.165, 1.54) is 0 Å². The van der Waals surface area contributed by atoms with Crippen molar-refractivity contribution >= 4 is 0 Å². The number of hydrogen-bond donors (Lipinski definition) is 1. The Hall–Kier alpha value is -0.520. The predicted octanol–water partition coefficient (Wildman–Crippen LogP) is 1.43. The van der Waals surface area contributed by atoms with Gasteiger partial charge in [0.2, 0.25) is 0 Å². The quantitative estimate of drug-likeness (QED) is 0.616. The molecule has 1 atom stereocenters. The highest BCUT2D eigenvalue weighted by atomic mass is 16.5. The summed E-state index contributed by atoms with van der Waals surface area (Å²) in [4.78, 5) is 0. The van der Waals surface area contributed by atoms with Crippen molar-refractivity contribution in [3.05, 3.63) is 0 Å². The molecular weight excluding hydrogens is 140 g/mol. The van der Waals surface area contributed by atoms with Gasteiger partial charge in [0.1, 0.15) is 6.10 Å². The summed E-state index contributed by atoms with van der Waals surface area (Å²) in [5, 5.41) is 8.86. The number of aliphatic hydroxyl groups is 1. The Balaban J connectivity index is 0. The second kappa shape index (κ2) is 5.17. The maximum absolute atomic E-state index is 8.86. The Morgan fingerprint density at radius 3 is 2.27 bits per heavy atom. The van der Waals surface area contributed by atoms with Gasteiger partial charge in [-0.25, -0.2) is 0 Å². The zero-order chi connectivity index (χ0) is 8.20. The van der Waals surface area contributed by atoms with Crippen molar-refractivity contribution in [2.45, 2.75) is 39.9 Å². The molecule has 0 aliphatic heterocycles. The number of terminal acetylenes is 1. The van der Waals surface area contributed by atoms with Gasteiger partial charge in [-0.3, -0.25) is 0 Å². The third kappa shape index (κ3) is 9.48. The minimum Gasteiger partial charge on any atom is -0.378 e. The Kier molecular flexibility index (Phi) is 6.16. The molecule has 0 aromatic heterocycles. The van der Waals surface area contributed by atoms with E-state index >= 15 is 0 Å². The summed E-state index contributed by atoms with van der Waals surface area (Å²) in [6, 6.07) is 0. The van der Waals surface area contributed by atoms with Crippen LogP contribution in [0, 0.1) is 12.3 Å². The van der Waals surface area contributed by atoms with Crippen LogP contribution in [0.1, 0.15) is 28.2 Å². The predicted molar refractivity (Wildman–Crippen MR) is 47.3 cm³/mol. The van der Waals surface area contributed by atoms with E-state index in [2.05, 4.69) is 5.92 Å². The minimum absolute atomic E-state index is 0. The highest BCUT2D eigenvalue weighted by Gasteiger charge is 2.11. The van der Waals surface area contributed by atoms with Crippen molar-refractivity contribution in [3.8, 4) is 12.3 Å². The van der Waals surface area contributed by atoms with Gasteiger partial charge in [-0.15, -0.1) is 6.42 Å². The van der Waals surface area contributed by atoms with Gasteiger partial charge in [0, 0.05) is 0 Å². The molecule has 1 unspecified atom stereocenters. The van der Waals surface area contributed by atoms with E-state index < -0.39 is 6.10 Å². The van der Waals surface area contributed by atoms with Crippen LogP contribution in [0.25, 0.3) is 0 Å². The third-order valence-electron chi connectivity index (χ3n) is 0.867. The van der Waals surface area contributed by atoms with Crippen molar-refractivity contribution in [1.29, 1.82) is 0 Å². The molecule has 0 aliphatic rings. The smallest absolute Gasteiger partial charge is 0.137 e. The summed E-state index contributed by atoms with van der Waals surface area (Å²) in [6.07, 6.45) is 4.14. The first kappa shape index (κ1) is 13.1. The first-order chi connectivity index (χ1) is 4.45. The normalized spacial score (nSPS) is 13.0. The standard InChI is InChI=1S/C8H14O2.CH4/c1-5-7(9)6-10-8(2,3)4;/h1,7,9H,6H2,2-4H3;1H4. The molecule has 0 fully saturated rings. The summed E-state index contributed by atoms with van der Waals surface area (Å²) in [7, 11) is 0. The number of hydrogen-bond acceptors (Lipinski definition) is 2. The SMILES string of the molecule is C.C#CC(O)COC(C)(C)C. The fourth-order valence-electron chi connectivity index (χ4n) is 0.377. The summed E-state index contributed by atoms with van der Waals surface area (Å²) in [5.41, 5.74) is -0.224. The van der Waals surface area contributed by atoms with Crippen LogP contribution in [-0.4, -0.2) is 23.4 Å². The van der Waals surface area contributed by atoms with Gasteiger partial charge in [0.15, 0.2) is 0 Å². The Labute approximate surface area is 69.6 Å². The van der Waals surface area contributed by atoms with Crippen molar-refractivity contribution in [3.63, 3.8) is 0 Å². The van der Waals surface area contributed by atoms with Crippen LogP contribution >= 0.6 is 0 Å². The van der Waals surface area contributed by atoms with Gasteiger partial charge >= 0.3 is 0 Å². The fourth-order valence-corrected chi connectivity index (χ4v) is 0.377. The highest BCUT2D eigenvalue weighted by molar-refractivity contribution is 4.93. The topological polar surface area (TPSA) is 29.5 Å². The Morgan fingerprint density at radius 2 is 2.00 bits per heavy atom. The maximum Gasteiger partial charge on any atom is 0.137 e. The lowest BCUT2D eigenvalue weighted by Crippen LogP contribution is -2.25. The molecule has 2 heteroatoms. The van der Waals surface area contributed by atoms with Gasteiger partial charge in [-0.2, -0.15) is 0 Å². The van der Waals surface area contributed by atoms with Crippen LogP contribution < -0.4 is 0 Å². The maximum atomic E-state index is 8.86. The zero-order valence-electron chi connectivity index (χ0n) is 6.72. The Bertz CT molecular complexity index is 127. The molecule has 0 radical (unpaired) electrons. The monoisotopic (exact) mass is 158 g/mol. The molecule has 0 amide bonds. The van der Waals surface area contributed by atoms with E-state index in [-0.39, 0.29) is 19.6 Å². The van der Waals surface area contributed by atoms with Crippen LogP contribution in [-0.2, 0) is 4.74 Å². The van der Waals surface area contributed by atoms with Gasteiger partial charge in [0.25, 0.3) is 0 Å². The zero-order valence-corrected chi connectivity index (χ0v) is 6.72. The van der Waals surface area contributed by atoms with Crippen molar-refractivity contribution < 1.29 is 9.84 Å². The molecule has 0 rings (SSSR count). The summed E-state index contributed by atoms with van der Waals surface area (Å²) in [5.74, 6) is 2.17. The lowest BCUT2D eigenvalue weighted by atomic mass is 10.2. The van der Waals surface area contributed by atoms with Gasteiger partial charge in [-0.05, 0) is 20.8 Å². The van der Waals surface area contributed by atoms with Gasteiger partial charge in [-0.1, -0.05) is 13.3 Å². The molecule has 0 spiro atoms. The highest BCUT2D eigenvalue weighted by Crippen LogP contribution is 2.06. The summed E-state index contributed by atoms with van der Waals surface area (Å²) < 4.78 is 5.19. The van der Waals surface area contributed by atoms with E-state index in [1.54, 1.807) is 0 Å². The van der Waals surface area contributed by atoms with Crippen LogP contribution in [0.5, 0.6) is 0 Å². The van der Waals surface area contributed by atoms with Gasteiger partial charge < -0.3 is 9.84 Å². The van der Waals surface area contributed by atoms with E-state index in [0.29, 0.717) is 0 Å². The molecule has 0 saturated carbocycles. The molecule has 0 aliphatic carbocycles. The molecular formula is C9H18O2. The van der Waals surface area contributed by atoms with E-state index in [1.807, 2.05) is 20.8 Å². The van der Waals surface area contributed by atoms with Crippen molar-refractivity contribution in [1.82, 2.24) is 0 Å².